The maximum atomic E-state index is 12.2. The molecule has 0 heterocycles. The lowest BCUT2D eigenvalue weighted by atomic mass is 9.79. The smallest absolute Gasteiger partial charge is 0.253 e. The van der Waals surface area contributed by atoms with Crippen molar-refractivity contribution in [1.82, 2.24) is 15.5 Å². The third kappa shape index (κ3) is 6.09. The van der Waals surface area contributed by atoms with E-state index < -0.39 is 0 Å². The Hall–Kier alpha value is -2.82. The van der Waals surface area contributed by atoms with E-state index in [0.717, 1.165) is 43.1 Å². The van der Waals surface area contributed by atoms with Crippen LogP contribution in [-0.4, -0.2) is 50.5 Å². The van der Waals surface area contributed by atoms with Crippen LogP contribution < -0.4 is 10.6 Å². The monoisotopic (exact) mass is 420 g/mol. The van der Waals surface area contributed by atoms with Crippen molar-refractivity contribution in [2.24, 2.45) is 4.99 Å². The Labute approximate surface area is 187 Å². The largest absolute Gasteiger partial charge is 0.357 e. The minimum atomic E-state index is 0.0347. The molecule has 31 heavy (non-hydrogen) atoms. The fraction of sp³-hybridized carbons (Fsp3) is 0.462. The van der Waals surface area contributed by atoms with Gasteiger partial charge in [-0.25, -0.2) is 0 Å². The molecule has 2 aromatic rings. The van der Waals surface area contributed by atoms with Crippen molar-refractivity contribution in [1.29, 1.82) is 0 Å². The Morgan fingerprint density at radius 1 is 1.03 bits per heavy atom. The number of hydrogen-bond acceptors (Lipinski definition) is 2. The molecule has 0 bridgehead atoms. The number of nitrogens with zero attached hydrogens (tertiary/aromatic N) is 2. The predicted molar refractivity (Wildman–Crippen MR) is 129 cm³/mol. The van der Waals surface area contributed by atoms with E-state index >= 15 is 0 Å². The van der Waals surface area contributed by atoms with Gasteiger partial charge in [0, 0.05) is 38.2 Å². The number of guanidine groups is 1. The Bertz CT molecular complexity index is 870. The molecule has 1 aliphatic rings. The Morgan fingerprint density at radius 3 is 2.45 bits per heavy atom. The Kier molecular flexibility index (Phi) is 8.10. The van der Waals surface area contributed by atoms with Crippen LogP contribution in [0.25, 0.3) is 0 Å². The first-order chi connectivity index (χ1) is 15.0. The lowest BCUT2D eigenvalue weighted by molar-refractivity contribution is 0.0827. The molecule has 3 rings (SSSR count). The molecule has 0 aliphatic heterocycles. The number of hydrogen-bond donors (Lipinski definition) is 2. The molecule has 166 valence electrons. The summed E-state index contributed by atoms with van der Waals surface area (Å²) in [5, 5.41) is 6.86. The number of nitrogens with one attached hydrogen (secondary N) is 2. The molecule has 5 heteroatoms. The maximum Gasteiger partial charge on any atom is 0.253 e. The second-order valence-corrected chi connectivity index (χ2v) is 8.63. The average molecular weight is 421 g/mol. The van der Waals surface area contributed by atoms with Crippen LogP contribution in [0.3, 0.4) is 0 Å². The third-order valence-electron chi connectivity index (χ3n) is 6.12. The summed E-state index contributed by atoms with van der Waals surface area (Å²) in [6.07, 6.45) is 5.79. The molecular weight excluding hydrogens is 384 g/mol. The number of carbonyl (C=O) groups is 1. The van der Waals surface area contributed by atoms with Gasteiger partial charge in [-0.15, -0.1) is 0 Å². The van der Waals surface area contributed by atoms with Crippen molar-refractivity contribution in [3.05, 3.63) is 71.3 Å². The molecule has 0 saturated heterocycles. The van der Waals surface area contributed by atoms with Gasteiger partial charge in [-0.1, -0.05) is 55.3 Å². The van der Waals surface area contributed by atoms with E-state index in [-0.39, 0.29) is 11.3 Å². The second-order valence-electron chi connectivity index (χ2n) is 8.63. The van der Waals surface area contributed by atoms with Crippen LogP contribution in [0.4, 0.5) is 0 Å². The molecule has 0 atom stereocenters. The van der Waals surface area contributed by atoms with Gasteiger partial charge in [-0.3, -0.25) is 9.79 Å². The molecule has 0 spiro atoms. The summed E-state index contributed by atoms with van der Waals surface area (Å²) >= 11 is 0. The fourth-order valence-corrected chi connectivity index (χ4v) is 4.40. The first-order valence-electron chi connectivity index (χ1n) is 11.4. The van der Waals surface area contributed by atoms with Gasteiger partial charge >= 0.3 is 0 Å². The third-order valence-corrected chi connectivity index (χ3v) is 6.12. The molecule has 1 saturated carbocycles. The maximum absolute atomic E-state index is 12.2. The first kappa shape index (κ1) is 22.9. The number of rotatable bonds is 8. The molecule has 2 N–H and O–H groups in total. The fourth-order valence-electron chi connectivity index (χ4n) is 4.40. The quantitative estimate of drug-likeness (QED) is 0.501. The predicted octanol–water partition coefficient (Wildman–Crippen LogP) is 4.00. The molecule has 1 fully saturated rings. The Balaban J connectivity index is 1.63. The van der Waals surface area contributed by atoms with Crippen molar-refractivity contribution in [2.45, 2.75) is 44.4 Å². The normalized spacial score (nSPS) is 15.5. The highest BCUT2D eigenvalue weighted by atomic mass is 16.2. The van der Waals surface area contributed by atoms with Gasteiger partial charge < -0.3 is 15.5 Å². The van der Waals surface area contributed by atoms with E-state index in [1.165, 1.54) is 31.2 Å². The van der Waals surface area contributed by atoms with Crippen molar-refractivity contribution >= 4 is 11.9 Å². The highest BCUT2D eigenvalue weighted by Gasteiger charge is 2.35. The zero-order valence-electron chi connectivity index (χ0n) is 19.2. The highest BCUT2D eigenvalue weighted by Crippen LogP contribution is 2.41. The molecule has 5 nitrogen and oxygen atoms in total. The minimum absolute atomic E-state index is 0.0347. The molecule has 1 aliphatic carbocycles. The van der Waals surface area contributed by atoms with Gasteiger partial charge in [0.25, 0.3) is 5.91 Å². The van der Waals surface area contributed by atoms with Gasteiger partial charge in [0.1, 0.15) is 0 Å². The van der Waals surface area contributed by atoms with E-state index in [1.807, 2.05) is 18.2 Å². The summed E-state index contributed by atoms with van der Waals surface area (Å²) < 4.78 is 0. The SMILES string of the molecule is CCNC(=NCC1(c2ccccc2)CCCC1)NCCc1cccc(C(=O)N(C)C)c1. The summed E-state index contributed by atoms with van der Waals surface area (Å²) in [6.45, 7) is 4.50. The van der Waals surface area contributed by atoms with Crippen LogP contribution in [-0.2, 0) is 11.8 Å². The van der Waals surface area contributed by atoms with Crippen LogP contribution in [0.1, 0.15) is 54.1 Å². The van der Waals surface area contributed by atoms with E-state index in [4.69, 9.17) is 4.99 Å². The zero-order valence-corrected chi connectivity index (χ0v) is 19.2. The van der Waals surface area contributed by atoms with Crippen LogP contribution in [0, 0.1) is 0 Å². The molecule has 0 aromatic heterocycles. The summed E-state index contributed by atoms with van der Waals surface area (Å²) in [4.78, 5) is 18.8. The second kappa shape index (κ2) is 11.0. The summed E-state index contributed by atoms with van der Waals surface area (Å²) in [5.74, 6) is 0.901. The molecule has 1 amide bonds. The van der Waals surface area contributed by atoms with E-state index in [0.29, 0.717) is 0 Å². The van der Waals surface area contributed by atoms with Gasteiger partial charge in [-0.05, 0) is 49.4 Å². The zero-order chi connectivity index (χ0) is 22.1. The van der Waals surface area contributed by atoms with E-state index in [9.17, 15) is 4.79 Å². The summed E-state index contributed by atoms with van der Waals surface area (Å²) in [7, 11) is 3.56. The molecule has 2 aromatic carbocycles. The minimum Gasteiger partial charge on any atom is -0.357 e. The number of benzene rings is 2. The van der Waals surface area contributed by atoms with Crippen molar-refractivity contribution in [3.63, 3.8) is 0 Å². The van der Waals surface area contributed by atoms with Crippen molar-refractivity contribution in [3.8, 4) is 0 Å². The molecule has 0 radical (unpaired) electrons. The van der Waals surface area contributed by atoms with Gasteiger partial charge in [0.2, 0.25) is 0 Å². The summed E-state index contributed by atoms with van der Waals surface area (Å²) in [5.41, 5.74) is 3.45. The first-order valence-corrected chi connectivity index (χ1v) is 11.4. The molecular formula is C26H36N4O. The van der Waals surface area contributed by atoms with Crippen LogP contribution >= 0.6 is 0 Å². The van der Waals surface area contributed by atoms with E-state index in [1.54, 1.807) is 19.0 Å². The van der Waals surface area contributed by atoms with Crippen LogP contribution in [0.15, 0.2) is 59.6 Å². The number of amides is 1. The number of carbonyl (C=O) groups excluding carboxylic acids is 1. The lowest BCUT2D eigenvalue weighted by Crippen LogP contribution is -2.39. The van der Waals surface area contributed by atoms with E-state index in [2.05, 4.69) is 54.0 Å². The molecule has 0 unspecified atom stereocenters. The van der Waals surface area contributed by atoms with Crippen LogP contribution in [0.5, 0.6) is 0 Å². The number of aliphatic imine (C=N–C) groups is 1. The lowest BCUT2D eigenvalue weighted by Gasteiger charge is -2.28. The van der Waals surface area contributed by atoms with Crippen LogP contribution in [0.2, 0.25) is 0 Å². The van der Waals surface area contributed by atoms with Gasteiger partial charge in [0.05, 0.1) is 6.54 Å². The topological polar surface area (TPSA) is 56.7 Å². The van der Waals surface area contributed by atoms with Gasteiger partial charge in [-0.2, -0.15) is 0 Å². The average Bonchev–Trinajstić information content (AvgIpc) is 3.28. The van der Waals surface area contributed by atoms with Gasteiger partial charge in [0.15, 0.2) is 5.96 Å². The van der Waals surface area contributed by atoms with Crippen molar-refractivity contribution in [2.75, 3.05) is 33.7 Å². The van der Waals surface area contributed by atoms with Crippen molar-refractivity contribution < 1.29 is 4.79 Å². The highest BCUT2D eigenvalue weighted by molar-refractivity contribution is 5.94. The standard InChI is InChI=1S/C26H36N4O/c1-4-27-25(28-18-15-21-11-10-12-22(19-21)24(31)30(2)3)29-20-26(16-8-9-17-26)23-13-6-5-7-14-23/h5-7,10-14,19H,4,8-9,15-18,20H2,1-3H3,(H2,27,28,29). The summed E-state index contributed by atoms with van der Waals surface area (Å²) in [6, 6.07) is 18.7. The Morgan fingerprint density at radius 2 is 1.77 bits per heavy atom.